The molecule has 2 rings (SSSR count). The predicted molar refractivity (Wildman–Crippen MR) is 134 cm³/mol. The van der Waals surface area contributed by atoms with E-state index >= 15 is 0 Å². The van der Waals surface area contributed by atoms with Crippen LogP contribution in [0.2, 0.25) is 0 Å². The lowest BCUT2D eigenvalue weighted by Crippen LogP contribution is -2.36. The summed E-state index contributed by atoms with van der Waals surface area (Å²) >= 11 is 0. The number of allylic oxidation sites excluding steroid dienone is 1. The largest absolute Gasteiger partial charge is 0.490 e. The van der Waals surface area contributed by atoms with Crippen LogP contribution in [0.4, 0.5) is 5.82 Å². The summed E-state index contributed by atoms with van der Waals surface area (Å²) in [5, 5.41) is 20.7. The second-order valence-electron chi connectivity index (χ2n) is 8.49. The molecular formula is C19H30N3O14P3. The van der Waals surface area contributed by atoms with E-state index in [1.165, 1.54) is 6.20 Å². The lowest BCUT2D eigenvalue weighted by Gasteiger charge is -2.19. The zero-order valence-electron chi connectivity index (χ0n) is 20.5. The van der Waals surface area contributed by atoms with E-state index in [1.807, 2.05) is 13.0 Å². The van der Waals surface area contributed by atoms with E-state index in [0.717, 1.165) is 23.8 Å². The fourth-order valence-electron chi connectivity index (χ4n) is 3.43. The SMILES string of the molecule is C#CCCCCC(C)/C=C/c1cn([C@@H]2O[C@H](COP(=O)(O)OP(=O)(O)OP(=O)(O)O)C(O)C2O)c(=O)nc1N. The summed E-state index contributed by atoms with van der Waals surface area (Å²) in [6.07, 6.45) is 6.54. The number of nitrogens with zero attached hydrogens (tertiary/aromatic N) is 2. The molecule has 0 bridgehead atoms. The van der Waals surface area contributed by atoms with E-state index in [1.54, 1.807) is 6.08 Å². The van der Waals surface area contributed by atoms with Gasteiger partial charge in [-0.1, -0.05) is 25.5 Å². The van der Waals surface area contributed by atoms with Gasteiger partial charge in [-0.25, -0.2) is 18.5 Å². The molecule has 5 unspecified atom stereocenters. The molecule has 0 radical (unpaired) electrons. The molecule has 2 heterocycles. The molecule has 1 aromatic heterocycles. The number of rotatable bonds is 14. The summed E-state index contributed by atoms with van der Waals surface area (Å²) in [7, 11) is -16.9. The molecule has 0 amide bonds. The standard InChI is InChI=1S/C19H30N3O14P3/c1-3-4-5-6-7-12(2)8-9-13-10-22(19(25)21-17(13)20)18-16(24)15(23)14(34-18)11-33-38(29,30)36-39(31,32)35-37(26,27)28/h1,8-10,12,14-16,18,23-24H,4-7,11H2,2H3,(H,29,30)(H,31,32)(H2,20,21,25)(H2,26,27,28)/b9-8+/t12?,14-,15?,16?,18-/m1/s1. The van der Waals surface area contributed by atoms with Crippen molar-refractivity contribution in [2.45, 2.75) is 57.1 Å². The number of phosphoric acid groups is 3. The van der Waals surface area contributed by atoms with Gasteiger partial charge in [-0.15, -0.1) is 12.3 Å². The van der Waals surface area contributed by atoms with Crippen molar-refractivity contribution in [3.63, 3.8) is 0 Å². The minimum Gasteiger partial charge on any atom is -0.387 e. The van der Waals surface area contributed by atoms with E-state index in [0.29, 0.717) is 12.0 Å². The van der Waals surface area contributed by atoms with Crippen LogP contribution in [0.15, 0.2) is 17.1 Å². The third kappa shape index (κ3) is 10.6. The first-order chi connectivity index (χ1) is 17.9. The van der Waals surface area contributed by atoms with Gasteiger partial charge in [0.15, 0.2) is 6.23 Å². The van der Waals surface area contributed by atoms with Gasteiger partial charge in [-0.05, 0) is 18.8 Å². The van der Waals surface area contributed by atoms with Crippen molar-refractivity contribution in [3.8, 4) is 12.3 Å². The van der Waals surface area contributed by atoms with Crippen LogP contribution in [0.1, 0.15) is 44.4 Å². The number of aromatic nitrogens is 2. The Morgan fingerprint density at radius 2 is 1.85 bits per heavy atom. The minimum atomic E-state index is -5.76. The number of terminal acetylenes is 1. The van der Waals surface area contributed by atoms with Crippen LogP contribution < -0.4 is 11.4 Å². The van der Waals surface area contributed by atoms with Gasteiger partial charge >= 0.3 is 29.2 Å². The third-order valence-corrected chi connectivity index (χ3v) is 9.08. The Morgan fingerprint density at radius 3 is 2.46 bits per heavy atom. The van der Waals surface area contributed by atoms with E-state index in [2.05, 4.69) is 24.0 Å². The number of unbranched alkanes of at least 4 members (excludes halogenated alkanes) is 2. The summed E-state index contributed by atoms with van der Waals surface area (Å²) in [5.41, 5.74) is 5.19. The van der Waals surface area contributed by atoms with E-state index in [-0.39, 0.29) is 11.7 Å². The average Bonchev–Trinajstić information content (AvgIpc) is 3.06. The Labute approximate surface area is 222 Å². The maximum Gasteiger partial charge on any atom is 0.490 e. The lowest BCUT2D eigenvalue weighted by molar-refractivity contribution is -0.0541. The van der Waals surface area contributed by atoms with Crippen LogP contribution in [0.5, 0.6) is 0 Å². The van der Waals surface area contributed by atoms with Gasteiger partial charge in [0.1, 0.15) is 24.1 Å². The maximum absolute atomic E-state index is 12.5. The molecule has 1 aromatic rings. The van der Waals surface area contributed by atoms with Crippen molar-refractivity contribution >= 4 is 35.4 Å². The van der Waals surface area contributed by atoms with E-state index in [9.17, 15) is 38.5 Å². The highest BCUT2D eigenvalue weighted by Gasteiger charge is 2.46. The van der Waals surface area contributed by atoms with Crippen LogP contribution in [-0.4, -0.2) is 64.3 Å². The van der Waals surface area contributed by atoms with Gasteiger partial charge in [-0.3, -0.25) is 9.09 Å². The highest BCUT2D eigenvalue weighted by molar-refractivity contribution is 7.66. The molecule has 1 aliphatic heterocycles. The highest BCUT2D eigenvalue weighted by atomic mass is 31.3. The number of hydrogen-bond donors (Lipinski definition) is 7. The number of nitrogens with two attached hydrogens (primary N) is 1. The van der Waals surface area contributed by atoms with Gasteiger partial charge in [0, 0.05) is 18.2 Å². The second kappa shape index (κ2) is 13.8. The Hall–Kier alpha value is -1.73. The zero-order chi connectivity index (χ0) is 29.6. The van der Waals surface area contributed by atoms with Crippen molar-refractivity contribution in [2.75, 3.05) is 12.3 Å². The molecule has 7 atom stereocenters. The van der Waals surface area contributed by atoms with Crippen molar-refractivity contribution < 1.29 is 61.4 Å². The number of nitrogen functional groups attached to an aromatic ring is 1. The van der Waals surface area contributed by atoms with Crippen molar-refractivity contribution in [2.24, 2.45) is 5.92 Å². The molecule has 220 valence electrons. The molecule has 0 spiro atoms. The van der Waals surface area contributed by atoms with E-state index in [4.69, 9.17) is 26.7 Å². The summed E-state index contributed by atoms with van der Waals surface area (Å²) < 4.78 is 51.9. The number of ether oxygens (including phenoxy) is 1. The first-order valence-electron chi connectivity index (χ1n) is 11.2. The minimum absolute atomic E-state index is 0.107. The van der Waals surface area contributed by atoms with Gasteiger partial charge < -0.3 is 40.3 Å². The topological polar surface area (TPSA) is 270 Å². The number of aliphatic hydroxyl groups is 2. The fraction of sp³-hybridized carbons (Fsp3) is 0.579. The molecule has 1 saturated heterocycles. The molecule has 17 nitrogen and oxygen atoms in total. The Morgan fingerprint density at radius 1 is 1.18 bits per heavy atom. The molecule has 0 aromatic carbocycles. The van der Waals surface area contributed by atoms with Crippen molar-refractivity contribution in [3.05, 3.63) is 28.3 Å². The first-order valence-corrected chi connectivity index (χ1v) is 15.8. The van der Waals surface area contributed by atoms with Crippen LogP contribution in [0.25, 0.3) is 6.08 Å². The number of hydrogen-bond acceptors (Lipinski definition) is 12. The Balaban J connectivity index is 2.12. The molecule has 8 N–H and O–H groups in total. The summed E-state index contributed by atoms with van der Waals surface area (Å²) in [5.74, 6) is 2.60. The Kier molecular flexibility index (Phi) is 11.8. The molecule has 20 heteroatoms. The zero-order valence-corrected chi connectivity index (χ0v) is 23.2. The van der Waals surface area contributed by atoms with Crippen LogP contribution >= 0.6 is 23.5 Å². The fourth-order valence-corrected chi connectivity index (χ4v) is 6.46. The maximum atomic E-state index is 12.5. The molecule has 1 aliphatic rings. The van der Waals surface area contributed by atoms with Crippen LogP contribution in [0, 0.1) is 18.3 Å². The van der Waals surface area contributed by atoms with Crippen LogP contribution in [-0.2, 0) is 31.6 Å². The Bertz CT molecular complexity index is 1270. The number of anilines is 1. The molecule has 0 aliphatic carbocycles. The quantitative estimate of drug-likeness (QED) is 0.0857. The number of phosphoric ester groups is 1. The predicted octanol–water partition coefficient (Wildman–Crippen LogP) is 0.631. The van der Waals surface area contributed by atoms with E-state index < -0.39 is 60.3 Å². The molecule has 39 heavy (non-hydrogen) atoms. The monoisotopic (exact) mass is 617 g/mol. The average molecular weight is 617 g/mol. The van der Waals surface area contributed by atoms with Gasteiger partial charge in [0.05, 0.1) is 6.61 Å². The summed E-state index contributed by atoms with van der Waals surface area (Å²) in [4.78, 5) is 52.1. The summed E-state index contributed by atoms with van der Waals surface area (Å²) in [6.45, 7) is 0.925. The first kappa shape index (κ1) is 33.5. The molecular weight excluding hydrogens is 587 g/mol. The second-order valence-corrected chi connectivity index (χ2v) is 12.9. The van der Waals surface area contributed by atoms with Gasteiger partial charge in [-0.2, -0.15) is 13.6 Å². The summed E-state index contributed by atoms with van der Waals surface area (Å²) in [6, 6.07) is 0. The van der Waals surface area contributed by atoms with Gasteiger partial charge in [0.2, 0.25) is 0 Å². The lowest BCUT2D eigenvalue weighted by atomic mass is 10.0. The van der Waals surface area contributed by atoms with Crippen molar-refractivity contribution in [1.29, 1.82) is 0 Å². The normalized spacial score (nSPS) is 25.7. The van der Waals surface area contributed by atoms with Gasteiger partial charge in [0.25, 0.3) is 0 Å². The molecule has 1 fully saturated rings. The number of aliphatic hydroxyl groups excluding tert-OH is 2. The highest BCUT2D eigenvalue weighted by Crippen LogP contribution is 2.66. The third-order valence-electron chi connectivity index (χ3n) is 5.28. The van der Waals surface area contributed by atoms with Crippen molar-refractivity contribution in [1.82, 2.24) is 9.55 Å². The molecule has 0 saturated carbocycles. The smallest absolute Gasteiger partial charge is 0.387 e. The van der Waals surface area contributed by atoms with Crippen LogP contribution in [0.3, 0.4) is 0 Å².